The molecule has 25 heavy (non-hydrogen) atoms. The van der Waals surface area contributed by atoms with E-state index < -0.39 is 6.03 Å². The van der Waals surface area contributed by atoms with E-state index in [1.54, 1.807) is 23.1 Å². The second-order valence-electron chi connectivity index (χ2n) is 6.33. The molecule has 8 nitrogen and oxygen atoms in total. The Labute approximate surface area is 146 Å². The number of aromatic nitrogens is 2. The van der Waals surface area contributed by atoms with Crippen molar-refractivity contribution in [3.63, 3.8) is 0 Å². The summed E-state index contributed by atoms with van der Waals surface area (Å²) >= 11 is 0. The fraction of sp³-hybridized carbons (Fsp3) is 0.353. The summed E-state index contributed by atoms with van der Waals surface area (Å²) in [5.74, 6) is -0.208. The molecule has 1 aromatic carbocycles. The minimum atomic E-state index is -0.458. The topological polar surface area (TPSA) is 96.5 Å². The maximum Gasteiger partial charge on any atom is 0.319 e. The zero-order chi connectivity index (χ0) is 18.0. The average molecular weight is 342 g/mol. The zero-order valence-corrected chi connectivity index (χ0v) is 14.4. The Morgan fingerprint density at radius 1 is 1.36 bits per heavy atom. The van der Waals surface area contributed by atoms with Crippen LogP contribution in [0.4, 0.5) is 16.2 Å². The lowest BCUT2D eigenvalue weighted by atomic mass is 10.1. The molecule has 1 aliphatic rings. The number of rotatable bonds is 5. The lowest BCUT2D eigenvalue weighted by Gasteiger charge is -2.14. The highest BCUT2D eigenvalue weighted by molar-refractivity contribution is 6.04. The van der Waals surface area contributed by atoms with Crippen LogP contribution < -0.4 is 16.0 Å². The van der Waals surface area contributed by atoms with Gasteiger partial charge in [0, 0.05) is 30.7 Å². The number of primary amides is 1. The molecule has 0 aliphatic carbocycles. The van der Waals surface area contributed by atoms with Gasteiger partial charge in [-0.2, -0.15) is 5.10 Å². The van der Waals surface area contributed by atoms with Crippen molar-refractivity contribution in [2.24, 2.45) is 5.73 Å². The van der Waals surface area contributed by atoms with Crippen LogP contribution in [-0.2, 0) is 13.0 Å². The number of benzene rings is 1. The predicted octanol–water partition coefficient (Wildman–Crippen LogP) is 1.14. The largest absolute Gasteiger partial charge is 0.351 e. The fourth-order valence-electron chi connectivity index (χ4n) is 2.82. The molecule has 0 radical (unpaired) electrons. The standard InChI is InChI=1S/C17H22N6O2/c1-21(2)7-8-22-11-13(10-19-22)16(24)20-14-3-4-15-12(9-14)5-6-23(15)17(18)25/h3-4,9-11H,5-8H2,1-2H3,(H2,18,25)(H,20,24). The molecule has 0 unspecified atom stereocenters. The van der Waals surface area contributed by atoms with Gasteiger partial charge in [-0.05, 0) is 44.3 Å². The Morgan fingerprint density at radius 2 is 2.16 bits per heavy atom. The van der Waals surface area contributed by atoms with Gasteiger partial charge in [-0.3, -0.25) is 14.4 Å². The SMILES string of the molecule is CN(C)CCn1cc(C(=O)Nc2ccc3c(c2)CCN3C(N)=O)cn1. The summed E-state index contributed by atoms with van der Waals surface area (Å²) in [6.45, 7) is 2.15. The summed E-state index contributed by atoms with van der Waals surface area (Å²) < 4.78 is 1.75. The molecule has 1 aliphatic heterocycles. The lowest BCUT2D eigenvalue weighted by Crippen LogP contribution is -2.33. The molecule has 1 aromatic heterocycles. The second kappa shape index (κ2) is 6.94. The van der Waals surface area contributed by atoms with Crippen molar-refractivity contribution in [1.82, 2.24) is 14.7 Å². The van der Waals surface area contributed by atoms with Gasteiger partial charge in [0.2, 0.25) is 0 Å². The average Bonchev–Trinajstić information content (AvgIpc) is 3.19. The van der Waals surface area contributed by atoms with Gasteiger partial charge >= 0.3 is 6.03 Å². The number of nitrogens with two attached hydrogens (primary N) is 1. The van der Waals surface area contributed by atoms with Crippen molar-refractivity contribution < 1.29 is 9.59 Å². The summed E-state index contributed by atoms with van der Waals surface area (Å²) in [5, 5.41) is 7.08. The number of hydrogen-bond acceptors (Lipinski definition) is 4. The molecular weight excluding hydrogens is 320 g/mol. The first-order valence-electron chi connectivity index (χ1n) is 8.12. The summed E-state index contributed by atoms with van der Waals surface area (Å²) in [6.07, 6.45) is 4.03. The second-order valence-corrected chi connectivity index (χ2v) is 6.33. The van der Waals surface area contributed by atoms with E-state index in [1.807, 2.05) is 26.2 Å². The summed E-state index contributed by atoms with van der Waals surface area (Å²) in [7, 11) is 3.98. The van der Waals surface area contributed by atoms with E-state index in [0.29, 0.717) is 17.8 Å². The van der Waals surface area contributed by atoms with Crippen molar-refractivity contribution in [1.29, 1.82) is 0 Å². The number of hydrogen-bond donors (Lipinski definition) is 2. The van der Waals surface area contributed by atoms with Crippen molar-refractivity contribution >= 4 is 23.3 Å². The number of urea groups is 1. The van der Waals surface area contributed by atoms with Crippen LogP contribution in [0.1, 0.15) is 15.9 Å². The van der Waals surface area contributed by atoms with Gasteiger partial charge in [0.15, 0.2) is 0 Å². The Balaban J connectivity index is 1.67. The molecule has 3 rings (SSSR count). The van der Waals surface area contributed by atoms with E-state index in [1.165, 1.54) is 4.90 Å². The van der Waals surface area contributed by atoms with Gasteiger partial charge in [0.1, 0.15) is 0 Å². The Hall–Kier alpha value is -2.87. The highest BCUT2D eigenvalue weighted by atomic mass is 16.2. The number of carbonyl (C=O) groups excluding carboxylic acids is 2. The van der Waals surface area contributed by atoms with Crippen molar-refractivity contribution in [2.75, 3.05) is 37.4 Å². The first kappa shape index (κ1) is 17.0. The molecule has 0 saturated heterocycles. The van der Waals surface area contributed by atoms with E-state index in [2.05, 4.69) is 15.3 Å². The first-order chi connectivity index (χ1) is 11.9. The van der Waals surface area contributed by atoms with E-state index in [-0.39, 0.29) is 5.91 Å². The van der Waals surface area contributed by atoms with Gasteiger partial charge in [0.05, 0.1) is 18.3 Å². The molecular formula is C17H22N6O2. The van der Waals surface area contributed by atoms with E-state index >= 15 is 0 Å². The predicted molar refractivity (Wildman–Crippen MR) is 95.8 cm³/mol. The van der Waals surface area contributed by atoms with Crippen molar-refractivity contribution in [3.8, 4) is 0 Å². The fourth-order valence-corrected chi connectivity index (χ4v) is 2.82. The van der Waals surface area contributed by atoms with Crippen molar-refractivity contribution in [2.45, 2.75) is 13.0 Å². The molecule has 2 heterocycles. The van der Waals surface area contributed by atoms with Gasteiger partial charge in [0.25, 0.3) is 5.91 Å². The maximum absolute atomic E-state index is 12.4. The number of fused-ring (bicyclic) bond motifs is 1. The van der Waals surface area contributed by atoms with Crippen LogP contribution >= 0.6 is 0 Å². The molecule has 0 fully saturated rings. The third kappa shape index (κ3) is 3.80. The van der Waals surface area contributed by atoms with Gasteiger partial charge in [-0.25, -0.2) is 4.79 Å². The molecule has 0 atom stereocenters. The van der Waals surface area contributed by atoms with Crippen LogP contribution in [0.2, 0.25) is 0 Å². The molecule has 0 spiro atoms. The van der Waals surface area contributed by atoms with Gasteiger partial charge < -0.3 is 16.0 Å². The quantitative estimate of drug-likeness (QED) is 0.851. The van der Waals surface area contributed by atoms with Crippen molar-refractivity contribution in [3.05, 3.63) is 41.7 Å². The Morgan fingerprint density at radius 3 is 2.88 bits per heavy atom. The van der Waals surface area contributed by atoms with E-state index in [4.69, 9.17) is 5.73 Å². The molecule has 0 bridgehead atoms. The number of amides is 3. The third-order valence-electron chi connectivity index (χ3n) is 4.17. The summed E-state index contributed by atoms with van der Waals surface area (Å²) in [5.41, 5.74) is 8.37. The monoisotopic (exact) mass is 342 g/mol. The summed E-state index contributed by atoms with van der Waals surface area (Å²) in [6, 6.07) is 5.00. The molecule has 132 valence electrons. The number of nitrogens with one attached hydrogen (secondary N) is 1. The van der Waals surface area contributed by atoms with Crippen LogP contribution in [0.25, 0.3) is 0 Å². The van der Waals surface area contributed by atoms with Crippen LogP contribution in [0.15, 0.2) is 30.6 Å². The lowest BCUT2D eigenvalue weighted by molar-refractivity contribution is 0.102. The Kier molecular flexibility index (Phi) is 4.71. The zero-order valence-electron chi connectivity index (χ0n) is 14.4. The smallest absolute Gasteiger partial charge is 0.319 e. The highest BCUT2D eigenvalue weighted by Gasteiger charge is 2.23. The molecule has 3 N–H and O–H groups in total. The van der Waals surface area contributed by atoms with Crippen LogP contribution in [0.5, 0.6) is 0 Å². The third-order valence-corrected chi connectivity index (χ3v) is 4.17. The first-order valence-corrected chi connectivity index (χ1v) is 8.12. The highest BCUT2D eigenvalue weighted by Crippen LogP contribution is 2.30. The number of anilines is 2. The minimum Gasteiger partial charge on any atom is -0.351 e. The minimum absolute atomic E-state index is 0.208. The van der Waals surface area contributed by atoms with Crippen LogP contribution in [0.3, 0.4) is 0 Å². The van der Waals surface area contributed by atoms with E-state index in [9.17, 15) is 9.59 Å². The summed E-state index contributed by atoms with van der Waals surface area (Å²) in [4.78, 5) is 27.3. The molecule has 2 aromatic rings. The maximum atomic E-state index is 12.4. The number of carbonyl (C=O) groups is 2. The van der Waals surface area contributed by atoms with E-state index in [0.717, 1.165) is 30.8 Å². The van der Waals surface area contributed by atoms with Crippen LogP contribution in [0, 0.1) is 0 Å². The normalized spacial score (nSPS) is 13.2. The van der Waals surface area contributed by atoms with Gasteiger partial charge in [-0.15, -0.1) is 0 Å². The van der Waals surface area contributed by atoms with Gasteiger partial charge in [-0.1, -0.05) is 0 Å². The van der Waals surface area contributed by atoms with Crippen LogP contribution in [-0.4, -0.2) is 53.8 Å². The molecule has 3 amide bonds. The molecule has 8 heteroatoms. The number of nitrogens with zero attached hydrogens (tertiary/aromatic N) is 4. The number of likely N-dealkylation sites (N-methyl/N-ethyl adjacent to an activating group) is 1. The molecule has 0 saturated carbocycles. The Bertz CT molecular complexity index is 798.